The second-order valence-corrected chi connectivity index (χ2v) is 20.2. The first-order chi connectivity index (χ1) is 33.7. The lowest BCUT2D eigenvalue weighted by Gasteiger charge is -2.47. The first-order valence-electron chi connectivity index (χ1n) is 26.4. The van der Waals surface area contributed by atoms with E-state index in [-0.39, 0.29) is 6.42 Å². The highest BCUT2D eigenvalue weighted by atomic mass is 31.2. The number of carbonyl (C=O) groups excluding carboxylic acids is 2. The fourth-order valence-corrected chi connectivity index (χ4v) is 9.29. The Morgan fingerprint density at radius 3 is 1.59 bits per heavy atom. The Morgan fingerprint density at radius 2 is 1.04 bits per heavy atom. The maximum absolute atomic E-state index is 13.4. The predicted molar refractivity (Wildman–Crippen MR) is 263 cm³/mol. The van der Waals surface area contributed by atoms with Gasteiger partial charge < -0.3 is 64.7 Å². The Balaban J connectivity index is 1.96. The monoisotopic (exact) mass is 1020 g/mol. The summed E-state index contributed by atoms with van der Waals surface area (Å²) in [5.41, 5.74) is 0. The lowest BCUT2D eigenvalue weighted by atomic mass is 9.84. The van der Waals surface area contributed by atoms with E-state index < -0.39 is 113 Å². The average molecular weight is 1020 g/mol. The summed E-state index contributed by atoms with van der Waals surface area (Å²) in [6.45, 7) is 2.11. The van der Waals surface area contributed by atoms with Gasteiger partial charge in [0.05, 0.1) is 13.2 Å². The summed E-state index contributed by atoms with van der Waals surface area (Å²) in [4.78, 5) is 36.5. The molecule has 0 aromatic carbocycles. The topological polar surface area (TPSA) is 289 Å². The number of carbonyl (C=O) groups is 2. The molecule has 19 heteroatoms. The zero-order valence-corrected chi connectivity index (χ0v) is 42.9. The summed E-state index contributed by atoms with van der Waals surface area (Å²) in [7, 11) is -5.40. The standard InChI is InChI=1S/C51H91O18P/c1-3-5-7-9-11-13-15-17-19-21-23-25-27-29-31-33-40(53)64-36-38(66-41(54)34-32-30-28-26-24-22-20-18-16-14-12-10-8-6-4-2)37-65-70(62,63)69-50-47(60)45(58)44(57)46(59)49(50)68-51-48(61)43(56)42(55)39(35-52)67-51/h14,16,27,29,31,33,38-39,42-52,55-61H,3-13,15,17-26,28,30,32,34-37H2,1-2H3,(H,62,63). The largest absolute Gasteiger partial charge is 0.472 e. The molecule has 2 aliphatic rings. The zero-order valence-electron chi connectivity index (χ0n) is 42.0. The molecule has 0 aromatic heterocycles. The molecule has 9 N–H and O–H groups in total. The van der Waals surface area contributed by atoms with Crippen molar-refractivity contribution >= 4 is 19.8 Å². The third-order valence-corrected chi connectivity index (χ3v) is 13.7. The lowest BCUT2D eigenvalue weighted by molar-refractivity contribution is -0.338. The van der Waals surface area contributed by atoms with E-state index in [0.29, 0.717) is 6.42 Å². The fraction of sp³-hybridized carbons (Fsp3) is 0.843. The quantitative estimate of drug-likeness (QED) is 0.00797. The van der Waals surface area contributed by atoms with Crippen molar-refractivity contribution in [3.8, 4) is 0 Å². The number of rotatable bonds is 40. The summed E-state index contributed by atoms with van der Waals surface area (Å²) < 4.78 is 45.3. The molecule has 0 spiro atoms. The molecule has 13 atom stereocenters. The molecule has 1 aliphatic heterocycles. The van der Waals surface area contributed by atoms with Crippen molar-refractivity contribution in [3.63, 3.8) is 0 Å². The van der Waals surface area contributed by atoms with Crippen molar-refractivity contribution in [1.29, 1.82) is 0 Å². The molecule has 1 aliphatic carbocycles. The molecule has 0 radical (unpaired) electrons. The number of hydrogen-bond donors (Lipinski definition) is 9. The minimum absolute atomic E-state index is 0.00788. The number of allylic oxidation sites excluding steroid dienone is 5. The van der Waals surface area contributed by atoms with E-state index in [9.17, 15) is 59.9 Å². The summed E-state index contributed by atoms with van der Waals surface area (Å²) in [6.07, 6.45) is 15.7. The van der Waals surface area contributed by atoms with Crippen LogP contribution in [0.3, 0.4) is 0 Å². The Labute approximate surface area is 417 Å². The molecule has 2 fully saturated rings. The van der Waals surface area contributed by atoms with Crippen molar-refractivity contribution in [2.75, 3.05) is 19.8 Å². The van der Waals surface area contributed by atoms with Crippen LogP contribution in [-0.2, 0) is 42.1 Å². The maximum atomic E-state index is 13.4. The van der Waals surface area contributed by atoms with E-state index in [1.807, 2.05) is 6.08 Å². The first kappa shape index (κ1) is 64.0. The highest BCUT2D eigenvalue weighted by Crippen LogP contribution is 2.48. The van der Waals surface area contributed by atoms with Gasteiger partial charge in [-0.2, -0.15) is 0 Å². The molecule has 0 bridgehead atoms. The van der Waals surface area contributed by atoms with E-state index in [2.05, 4.69) is 26.0 Å². The molecule has 1 saturated heterocycles. The molecule has 70 heavy (non-hydrogen) atoms. The minimum Gasteiger partial charge on any atom is -0.458 e. The van der Waals surface area contributed by atoms with Gasteiger partial charge in [0, 0.05) is 12.5 Å². The molecule has 0 aromatic rings. The van der Waals surface area contributed by atoms with Crippen molar-refractivity contribution in [1.82, 2.24) is 0 Å². The number of phosphoric ester groups is 1. The lowest BCUT2D eigenvalue weighted by Crippen LogP contribution is -2.67. The number of phosphoric acid groups is 1. The van der Waals surface area contributed by atoms with Gasteiger partial charge in [-0.25, -0.2) is 9.36 Å². The van der Waals surface area contributed by atoms with Crippen LogP contribution in [0.4, 0.5) is 0 Å². The van der Waals surface area contributed by atoms with Gasteiger partial charge in [-0.3, -0.25) is 13.8 Å². The highest BCUT2D eigenvalue weighted by Gasteiger charge is 2.55. The highest BCUT2D eigenvalue weighted by molar-refractivity contribution is 7.47. The zero-order chi connectivity index (χ0) is 51.6. The van der Waals surface area contributed by atoms with E-state index in [4.69, 9.17) is 28.0 Å². The summed E-state index contributed by atoms with van der Waals surface area (Å²) in [5.74, 6) is -1.47. The summed E-state index contributed by atoms with van der Waals surface area (Å²) in [5, 5.41) is 83.0. The normalized spacial score (nSPS) is 27.6. The minimum atomic E-state index is -5.40. The van der Waals surface area contributed by atoms with Crippen LogP contribution in [0.5, 0.6) is 0 Å². The molecule has 408 valence electrons. The predicted octanol–water partition coefficient (Wildman–Crippen LogP) is 6.44. The second-order valence-electron chi connectivity index (χ2n) is 18.8. The molecule has 1 saturated carbocycles. The Morgan fingerprint density at radius 1 is 0.571 bits per heavy atom. The second kappa shape index (κ2) is 38.4. The molecule has 2 rings (SSSR count). The van der Waals surface area contributed by atoms with Gasteiger partial charge in [0.15, 0.2) is 12.4 Å². The average Bonchev–Trinajstić information content (AvgIpc) is 3.34. The maximum Gasteiger partial charge on any atom is 0.472 e. The SMILES string of the molecule is CCCCCCC=CCCCCCCCCCC(=O)OC(COC(=O)C=CC=CCCCCCCCCCCCCC)COP(=O)(O)OC1C(O)C(O)C(O)C(O)C1OC1OC(CO)C(O)C(O)C1O. The number of aliphatic hydroxyl groups excluding tert-OH is 8. The Kier molecular flexibility index (Phi) is 35.1. The first-order valence-corrected chi connectivity index (χ1v) is 27.8. The van der Waals surface area contributed by atoms with Gasteiger partial charge in [-0.15, -0.1) is 0 Å². The number of ether oxygens (including phenoxy) is 4. The number of esters is 2. The van der Waals surface area contributed by atoms with Gasteiger partial charge >= 0.3 is 19.8 Å². The third kappa shape index (κ3) is 26.7. The van der Waals surface area contributed by atoms with Gasteiger partial charge in [0.1, 0.15) is 67.6 Å². The van der Waals surface area contributed by atoms with E-state index >= 15 is 0 Å². The van der Waals surface area contributed by atoms with Crippen LogP contribution in [0.15, 0.2) is 36.5 Å². The van der Waals surface area contributed by atoms with Crippen LogP contribution in [0, 0.1) is 0 Å². The van der Waals surface area contributed by atoms with Gasteiger partial charge in [-0.05, 0) is 44.9 Å². The van der Waals surface area contributed by atoms with Crippen LogP contribution >= 0.6 is 7.82 Å². The molecule has 13 unspecified atom stereocenters. The smallest absolute Gasteiger partial charge is 0.458 e. The van der Waals surface area contributed by atoms with Crippen molar-refractivity contribution in [3.05, 3.63) is 36.5 Å². The van der Waals surface area contributed by atoms with Crippen LogP contribution < -0.4 is 0 Å². The van der Waals surface area contributed by atoms with Crippen LogP contribution in [0.2, 0.25) is 0 Å². The van der Waals surface area contributed by atoms with Crippen molar-refractivity contribution in [2.45, 2.75) is 254 Å². The molecular formula is C51H91O18P. The molecule has 0 amide bonds. The Hall–Kier alpha value is -2.13. The van der Waals surface area contributed by atoms with E-state index in [1.54, 1.807) is 6.08 Å². The van der Waals surface area contributed by atoms with E-state index in [0.717, 1.165) is 70.6 Å². The number of hydrogen-bond acceptors (Lipinski definition) is 17. The fourth-order valence-electron chi connectivity index (χ4n) is 8.32. The molecule has 18 nitrogen and oxygen atoms in total. The molecular weight excluding hydrogens is 932 g/mol. The van der Waals surface area contributed by atoms with Crippen LogP contribution in [-0.4, -0.2) is 151 Å². The van der Waals surface area contributed by atoms with Crippen molar-refractivity contribution < 1.29 is 87.9 Å². The van der Waals surface area contributed by atoms with Crippen LogP contribution in [0.1, 0.15) is 181 Å². The summed E-state index contributed by atoms with van der Waals surface area (Å²) >= 11 is 0. The number of aliphatic hydroxyl groups is 8. The summed E-state index contributed by atoms with van der Waals surface area (Å²) in [6, 6.07) is 0. The van der Waals surface area contributed by atoms with Gasteiger partial charge in [-0.1, -0.05) is 160 Å². The Bertz CT molecular complexity index is 1500. The van der Waals surface area contributed by atoms with Crippen LogP contribution in [0.25, 0.3) is 0 Å². The third-order valence-electron chi connectivity index (χ3n) is 12.7. The van der Waals surface area contributed by atoms with Gasteiger partial charge in [0.2, 0.25) is 0 Å². The molecule has 1 heterocycles. The van der Waals surface area contributed by atoms with E-state index in [1.165, 1.54) is 95.6 Å². The van der Waals surface area contributed by atoms with Crippen molar-refractivity contribution in [2.24, 2.45) is 0 Å². The number of unbranched alkanes of at least 4 members (excludes halogenated alkanes) is 22. The van der Waals surface area contributed by atoms with Gasteiger partial charge in [0.25, 0.3) is 0 Å².